The molecule has 0 amide bonds. The average molecular weight is 362 g/mol. The fourth-order valence-electron chi connectivity index (χ4n) is 3.43. The predicted octanol–water partition coefficient (Wildman–Crippen LogP) is 3.74. The zero-order chi connectivity index (χ0) is 17.0. The second kappa shape index (κ2) is 8.81. The third-order valence-corrected chi connectivity index (χ3v) is 5.06. The number of aryl methyl sites for hydroxylation is 1. The normalized spacial score (nSPS) is 18.8. The summed E-state index contributed by atoms with van der Waals surface area (Å²) in [4.78, 5) is 2.39. The van der Waals surface area contributed by atoms with Crippen molar-refractivity contribution in [1.82, 2.24) is 4.90 Å². The quantitative estimate of drug-likeness (QED) is 0.880. The molecule has 3 nitrogen and oxygen atoms in total. The number of rotatable bonds is 5. The lowest BCUT2D eigenvalue weighted by Gasteiger charge is -2.38. The van der Waals surface area contributed by atoms with E-state index in [0.29, 0.717) is 0 Å². The number of ether oxygens (including phenoxy) is 1. The van der Waals surface area contributed by atoms with Crippen LogP contribution < -0.4 is 0 Å². The largest absolute Gasteiger partial charge is 0.385 e. The summed E-state index contributed by atoms with van der Waals surface area (Å²) in [5, 5.41) is 11.5. The van der Waals surface area contributed by atoms with Crippen LogP contribution in [0.25, 0.3) is 0 Å². The summed E-state index contributed by atoms with van der Waals surface area (Å²) in [6.07, 6.45) is 0. The standard InChI is InChI=1S/C21H27NO2.ClH/c1-17-8-10-19(11-9-17)21(2,23)20(18-6-4-3-5-7-18)16-22-12-14-24-15-13-22;/h3-11,20,23H,12-16H2,1-2H3;1H. The van der Waals surface area contributed by atoms with Crippen molar-refractivity contribution in [3.63, 3.8) is 0 Å². The number of hydrogen-bond acceptors (Lipinski definition) is 3. The highest BCUT2D eigenvalue weighted by Gasteiger charge is 2.36. The summed E-state index contributed by atoms with van der Waals surface area (Å²) in [6, 6.07) is 18.6. The van der Waals surface area contributed by atoms with Crippen LogP contribution in [0.3, 0.4) is 0 Å². The Morgan fingerprint density at radius 2 is 1.64 bits per heavy atom. The first-order valence-electron chi connectivity index (χ1n) is 8.72. The van der Waals surface area contributed by atoms with E-state index in [9.17, 15) is 5.11 Å². The van der Waals surface area contributed by atoms with Crippen LogP contribution in [0.15, 0.2) is 54.6 Å². The Bertz CT molecular complexity index is 637. The predicted molar refractivity (Wildman–Crippen MR) is 104 cm³/mol. The number of aliphatic hydroxyl groups is 1. The molecule has 0 radical (unpaired) electrons. The maximum atomic E-state index is 11.5. The maximum absolute atomic E-state index is 11.5. The van der Waals surface area contributed by atoms with E-state index in [-0.39, 0.29) is 18.3 Å². The maximum Gasteiger partial charge on any atom is 0.0949 e. The molecule has 0 spiro atoms. The van der Waals surface area contributed by atoms with Crippen molar-refractivity contribution in [3.05, 3.63) is 71.3 Å². The van der Waals surface area contributed by atoms with E-state index in [1.807, 2.05) is 37.3 Å². The topological polar surface area (TPSA) is 32.7 Å². The molecular formula is C21H28ClNO2. The van der Waals surface area contributed by atoms with Crippen molar-refractivity contribution in [2.75, 3.05) is 32.8 Å². The van der Waals surface area contributed by atoms with Gasteiger partial charge in [-0.05, 0) is 25.0 Å². The lowest BCUT2D eigenvalue weighted by Crippen LogP contribution is -2.43. The van der Waals surface area contributed by atoms with Crippen LogP contribution in [0.1, 0.15) is 29.5 Å². The van der Waals surface area contributed by atoms with Crippen LogP contribution in [0.5, 0.6) is 0 Å². The molecule has 2 atom stereocenters. The Hall–Kier alpha value is -1.39. The highest BCUT2D eigenvalue weighted by molar-refractivity contribution is 5.85. The van der Waals surface area contributed by atoms with Crippen LogP contribution >= 0.6 is 12.4 Å². The molecule has 3 rings (SSSR count). The van der Waals surface area contributed by atoms with Gasteiger partial charge in [-0.1, -0.05) is 60.2 Å². The van der Waals surface area contributed by atoms with Crippen LogP contribution in [-0.4, -0.2) is 42.9 Å². The minimum atomic E-state index is -0.923. The number of benzene rings is 2. The van der Waals surface area contributed by atoms with Gasteiger partial charge in [-0.15, -0.1) is 12.4 Å². The SMILES string of the molecule is Cc1ccc(C(C)(O)C(CN2CCOCC2)c2ccccc2)cc1.Cl. The van der Waals surface area contributed by atoms with E-state index in [1.54, 1.807) is 0 Å². The molecule has 0 aliphatic carbocycles. The van der Waals surface area contributed by atoms with Gasteiger partial charge in [-0.2, -0.15) is 0 Å². The first-order chi connectivity index (χ1) is 11.6. The number of morpholine rings is 1. The summed E-state index contributed by atoms with van der Waals surface area (Å²) in [5.41, 5.74) is 2.43. The van der Waals surface area contributed by atoms with E-state index >= 15 is 0 Å². The third-order valence-electron chi connectivity index (χ3n) is 5.06. The molecule has 1 aliphatic rings. The smallest absolute Gasteiger partial charge is 0.0949 e. The highest BCUT2D eigenvalue weighted by Crippen LogP contribution is 2.37. The Balaban J connectivity index is 0.00000225. The zero-order valence-electron chi connectivity index (χ0n) is 15.0. The number of halogens is 1. The van der Waals surface area contributed by atoms with E-state index in [4.69, 9.17) is 4.74 Å². The van der Waals surface area contributed by atoms with E-state index in [1.165, 1.54) is 11.1 Å². The molecule has 1 N–H and O–H groups in total. The lowest BCUT2D eigenvalue weighted by molar-refractivity contribution is -0.0107. The summed E-state index contributed by atoms with van der Waals surface area (Å²) in [6.45, 7) is 8.23. The monoisotopic (exact) mass is 361 g/mol. The number of hydrogen-bond donors (Lipinski definition) is 1. The first-order valence-corrected chi connectivity index (χ1v) is 8.72. The molecule has 1 heterocycles. The summed E-state index contributed by atoms with van der Waals surface area (Å²) in [5.74, 6) is 0.0134. The fourth-order valence-corrected chi connectivity index (χ4v) is 3.43. The fraction of sp³-hybridized carbons (Fsp3) is 0.429. The van der Waals surface area contributed by atoms with Crippen molar-refractivity contribution in [2.24, 2.45) is 0 Å². The van der Waals surface area contributed by atoms with Crippen molar-refractivity contribution >= 4 is 12.4 Å². The molecule has 25 heavy (non-hydrogen) atoms. The molecule has 0 bridgehead atoms. The van der Waals surface area contributed by atoms with Crippen LogP contribution in [-0.2, 0) is 10.3 Å². The van der Waals surface area contributed by atoms with Gasteiger partial charge < -0.3 is 9.84 Å². The second-order valence-corrected chi connectivity index (χ2v) is 6.89. The average Bonchev–Trinajstić information content (AvgIpc) is 2.61. The van der Waals surface area contributed by atoms with Gasteiger partial charge in [0.1, 0.15) is 0 Å². The molecule has 1 aliphatic heterocycles. The van der Waals surface area contributed by atoms with Gasteiger partial charge in [0.2, 0.25) is 0 Å². The van der Waals surface area contributed by atoms with Gasteiger partial charge in [0.25, 0.3) is 0 Å². The van der Waals surface area contributed by atoms with E-state index in [2.05, 4.69) is 36.1 Å². The van der Waals surface area contributed by atoms with Gasteiger partial charge in [-0.3, -0.25) is 4.90 Å². The van der Waals surface area contributed by atoms with Crippen LogP contribution in [0.2, 0.25) is 0 Å². The van der Waals surface area contributed by atoms with Gasteiger partial charge in [0.15, 0.2) is 0 Å². The van der Waals surface area contributed by atoms with Crippen molar-refractivity contribution < 1.29 is 9.84 Å². The van der Waals surface area contributed by atoms with Crippen LogP contribution in [0, 0.1) is 6.92 Å². The number of nitrogens with zero attached hydrogens (tertiary/aromatic N) is 1. The molecule has 0 saturated carbocycles. The van der Waals surface area contributed by atoms with E-state index < -0.39 is 5.60 Å². The van der Waals surface area contributed by atoms with Gasteiger partial charge in [0, 0.05) is 25.6 Å². The van der Waals surface area contributed by atoms with Gasteiger partial charge >= 0.3 is 0 Å². The molecule has 1 fully saturated rings. The van der Waals surface area contributed by atoms with Gasteiger partial charge in [0.05, 0.1) is 18.8 Å². The Kier molecular flexibility index (Phi) is 7.03. The Labute approximate surface area is 157 Å². The minimum absolute atomic E-state index is 0. The zero-order valence-corrected chi connectivity index (χ0v) is 15.8. The van der Waals surface area contributed by atoms with Crippen molar-refractivity contribution in [2.45, 2.75) is 25.4 Å². The highest BCUT2D eigenvalue weighted by atomic mass is 35.5. The molecule has 4 heteroatoms. The molecule has 2 aromatic rings. The minimum Gasteiger partial charge on any atom is -0.385 e. The van der Waals surface area contributed by atoms with Crippen molar-refractivity contribution in [3.8, 4) is 0 Å². The molecular weight excluding hydrogens is 334 g/mol. The second-order valence-electron chi connectivity index (χ2n) is 6.89. The molecule has 2 aromatic carbocycles. The summed E-state index contributed by atoms with van der Waals surface area (Å²) < 4.78 is 5.47. The molecule has 0 aromatic heterocycles. The molecule has 136 valence electrons. The summed E-state index contributed by atoms with van der Waals surface area (Å²) in [7, 11) is 0. The van der Waals surface area contributed by atoms with Gasteiger partial charge in [-0.25, -0.2) is 0 Å². The molecule has 2 unspecified atom stereocenters. The first kappa shape index (κ1) is 19.9. The Morgan fingerprint density at radius 3 is 2.24 bits per heavy atom. The summed E-state index contributed by atoms with van der Waals surface area (Å²) >= 11 is 0. The van der Waals surface area contributed by atoms with Crippen LogP contribution in [0.4, 0.5) is 0 Å². The van der Waals surface area contributed by atoms with E-state index in [0.717, 1.165) is 38.4 Å². The van der Waals surface area contributed by atoms with Crippen molar-refractivity contribution in [1.29, 1.82) is 0 Å². The third kappa shape index (κ3) is 4.83. The lowest BCUT2D eigenvalue weighted by atomic mass is 9.78. The molecule has 1 saturated heterocycles. The Morgan fingerprint density at radius 1 is 1.04 bits per heavy atom.